The average Bonchev–Trinajstić information content (AvgIpc) is 3.98. The second kappa shape index (κ2) is 13.8. The van der Waals surface area contributed by atoms with Gasteiger partial charge in [-0.15, -0.1) is 11.3 Å². The van der Waals surface area contributed by atoms with E-state index >= 15 is 0 Å². The summed E-state index contributed by atoms with van der Waals surface area (Å²) in [6.45, 7) is 2.33. The predicted molar refractivity (Wildman–Crippen MR) is 265 cm³/mol. The molecule has 62 heavy (non-hydrogen) atoms. The van der Waals surface area contributed by atoms with Gasteiger partial charge in [-0.1, -0.05) is 159 Å². The summed E-state index contributed by atoms with van der Waals surface area (Å²) in [5.41, 5.74) is 14.1. The number of allylic oxidation sites excluding steroid dienone is 1. The first kappa shape index (κ1) is 35.4. The summed E-state index contributed by atoms with van der Waals surface area (Å²) >= 11 is 1.86. The second-order valence-corrected chi connectivity index (χ2v) is 18.0. The molecule has 13 rings (SSSR count). The van der Waals surface area contributed by atoms with Crippen molar-refractivity contribution in [2.24, 2.45) is 15.9 Å². The molecule has 1 atom stereocenters. The van der Waals surface area contributed by atoms with E-state index in [4.69, 9.17) is 9.98 Å². The summed E-state index contributed by atoms with van der Waals surface area (Å²) in [6.07, 6.45) is 4.04. The maximum absolute atomic E-state index is 5.83. The van der Waals surface area contributed by atoms with Crippen LogP contribution in [-0.2, 0) is 6.42 Å². The van der Waals surface area contributed by atoms with Gasteiger partial charge >= 0.3 is 0 Å². The van der Waals surface area contributed by atoms with E-state index in [0.717, 1.165) is 52.3 Å². The van der Waals surface area contributed by atoms with Crippen molar-refractivity contribution in [2.45, 2.75) is 19.8 Å². The SMILES string of the molecule is CC1C/C=C(c2c(-n3c4ccccc4c4cc5ccccc5cc43)ccc3c2Cc2ccccc2-3)/N=C(c2cccc3ccccc23)\N=C/1c1ccc2c(c1)sc1ccccc12. The minimum atomic E-state index is 0.120. The molecule has 2 aromatic heterocycles. The molecule has 0 N–H and O–H groups in total. The Bertz CT molecular complexity index is 3780. The summed E-state index contributed by atoms with van der Waals surface area (Å²) in [7, 11) is 0. The smallest absolute Gasteiger partial charge is 0.160 e. The van der Waals surface area contributed by atoms with Gasteiger partial charge in [0.15, 0.2) is 5.84 Å². The van der Waals surface area contributed by atoms with E-state index < -0.39 is 0 Å². The molecule has 4 heteroatoms. The number of para-hydroxylation sites is 1. The molecule has 0 spiro atoms. The topological polar surface area (TPSA) is 29.6 Å². The highest BCUT2D eigenvalue weighted by Gasteiger charge is 2.29. The van der Waals surface area contributed by atoms with Crippen molar-refractivity contribution in [2.75, 3.05) is 0 Å². The Morgan fingerprint density at radius 3 is 2.13 bits per heavy atom. The van der Waals surface area contributed by atoms with E-state index in [9.17, 15) is 0 Å². The van der Waals surface area contributed by atoms with Gasteiger partial charge in [0, 0.05) is 48.0 Å². The highest BCUT2D eigenvalue weighted by Crippen LogP contribution is 2.46. The Balaban J connectivity index is 1.09. The maximum Gasteiger partial charge on any atom is 0.160 e. The van der Waals surface area contributed by atoms with Crippen LogP contribution >= 0.6 is 11.3 Å². The van der Waals surface area contributed by atoms with E-state index in [0.29, 0.717) is 0 Å². The minimum absolute atomic E-state index is 0.120. The molecule has 1 aliphatic heterocycles. The molecule has 0 saturated carbocycles. The zero-order chi connectivity index (χ0) is 40.9. The Kier molecular flexibility index (Phi) is 7.88. The van der Waals surface area contributed by atoms with E-state index in [1.165, 1.54) is 86.0 Å². The Labute approximate surface area is 363 Å². The van der Waals surface area contributed by atoms with Gasteiger partial charge < -0.3 is 4.57 Å². The van der Waals surface area contributed by atoms with Gasteiger partial charge in [0.25, 0.3) is 0 Å². The number of nitrogens with zero attached hydrogens (tertiary/aromatic N) is 3. The number of aliphatic imine (C=N–C) groups is 2. The van der Waals surface area contributed by atoms with E-state index in [1.54, 1.807) is 0 Å². The van der Waals surface area contributed by atoms with Crippen LogP contribution in [0.25, 0.3) is 86.0 Å². The van der Waals surface area contributed by atoms with E-state index in [-0.39, 0.29) is 5.92 Å². The summed E-state index contributed by atoms with van der Waals surface area (Å²) in [6, 6.07) is 66.7. The van der Waals surface area contributed by atoms with Crippen LogP contribution in [0, 0.1) is 5.92 Å². The van der Waals surface area contributed by atoms with Crippen molar-refractivity contribution in [1.29, 1.82) is 0 Å². The number of fused-ring (bicyclic) bond motifs is 11. The number of hydrogen-bond acceptors (Lipinski definition) is 3. The van der Waals surface area contributed by atoms with Crippen molar-refractivity contribution in [1.82, 2.24) is 4.57 Å². The van der Waals surface area contributed by atoms with E-state index in [2.05, 4.69) is 200 Å². The molecule has 3 nitrogen and oxygen atoms in total. The highest BCUT2D eigenvalue weighted by molar-refractivity contribution is 7.25. The number of aromatic nitrogens is 1. The molecule has 9 aromatic carbocycles. The highest BCUT2D eigenvalue weighted by atomic mass is 32.1. The van der Waals surface area contributed by atoms with E-state index in [1.807, 2.05) is 11.3 Å². The third-order valence-corrected chi connectivity index (χ3v) is 14.4. The third-order valence-electron chi connectivity index (χ3n) is 13.3. The zero-order valence-corrected chi connectivity index (χ0v) is 35.0. The van der Waals surface area contributed by atoms with Crippen LogP contribution in [-0.4, -0.2) is 16.1 Å². The van der Waals surface area contributed by atoms with Crippen LogP contribution < -0.4 is 0 Å². The lowest BCUT2D eigenvalue weighted by Crippen LogP contribution is -2.17. The standard InChI is InChI=1S/C58H39N3S/c1-35-25-29-50(59-58(47-22-12-17-36-13-4-6-18-41(36)47)60-57(35)40-26-27-46-45-21-9-11-24-54(45)62-55(46)34-40)56-49-32-39-16-5-7-19-42(39)43(49)28-30-52(56)61-51-23-10-8-20-44(51)48-31-37-14-2-3-15-38(37)33-53(48)61/h2-24,26-31,33-35H,25,32H2,1H3/b50-29+,59-58-,60-57+. The molecule has 1 unspecified atom stereocenters. The van der Waals surface area contributed by atoms with Gasteiger partial charge in [0.2, 0.25) is 0 Å². The fourth-order valence-corrected chi connectivity index (χ4v) is 11.5. The van der Waals surface area contributed by atoms with Gasteiger partial charge in [-0.3, -0.25) is 0 Å². The number of amidine groups is 1. The molecule has 2 aliphatic rings. The first-order chi connectivity index (χ1) is 30.6. The molecule has 0 fully saturated rings. The molecular formula is C58H39N3S. The monoisotopic (exact) mass is 809 g/mol. The van der Waals surface area contributed by atoms with Crippen LogP contribution in [0.15, 0.2) is 198 Å². The van der Waals surface area contributed by atoms with Gasteiger partial charge in [0.1, 0.15) is 0 Å². The van der Waals surface area contributed by atoms with Crippen LogP contribution in [0.4, 0.5) is 0 Å². The van der Waals surface area contributed by atoms with Crippen LogP contribution in [0.3, 0.4) is 0 Å². The average molecular weight is 810 g/mol. The lowest BCUT2D eigenvalue weighted by molar-refractivity contribution is 0.790. The summed E-state index contributed by atoms with van der Waals surface area (Å²) in [5, 5.41) is 9.88. The summed E-state index contributed by atoms with van der Waals surface area (Å²) in [5.74, 6) is 0.854. The van der Waals surface area contributed by atoms with Crippen molar-refractivity contribution < 1.29 is 0 Å². The lowest BCUT2D eigenvalue weighted by atomic mass is 9.91. The lowest BCUT2D eigenvalue weighted by Gasteiger charge is -2.22. The quantitative estimate of drug-likeness (QED) is 0.169. The van der Waals surface area contributed by atoms with Crippen LogP contribution in [0.5, 0.6) is 0 Å². The van der Waals surface area contributed by atoms with Crippen molar-refractivity contribution in [3.8, 4) is 16.8 Å². The molecular weight excluding hydrogens is 771 g/mol. The fourth-order valence-electron chi connectivity index (χ4n) is 10.3. The molecule has 0 saturated heterocycles. The van der Waals surface area contributed by atoms with Gasteiger partial charge in [-0.2, -0.15) is 0 Å². The number of hydrogen-bond donors (Lipinski definition) is 0. The number of benzene rings is 9. The van der Waals surface area contributed by atoms with Gasteiger partial charge in [0.05, 0.1) is 28.1 Å². The predicted octanol–water partition coefficient (Wildman–Crippen LogP) is 15.3. The molecule has 3 heterocycles. The molecule has 0 amide bonds. The van der Waals surface area contributed by atoms with Gasteiger partial charge in [-0.05, 0) is 98.6 Å². The number of thiophene rings is 1. The molecule has 292 valence electrons. The third kappa shape index (κ3) is 5.43. The summed E-state index contributed by atoms with van der Waals surface area (Å²) < 4.78 is 5.09. The Morgan fingerprint density at radius 1 is 0.516 bits per heavy atom. The summed E-state index contributed by atoms with van der Waals surface area (Å²) in [4.78, 5) is 11.6. The van der Waals surface area contributed by atoms with Gasteiger partial charge in [-0.25, -0.2) is 9.98 Å². The zero-order valence-electron chi connectivity index (χ0n) is 34.1. The number of rotatable bonds is 4. The first-order valence-electron chi connectivity index (χ1n) is 21.6. The largest absolute Gasteiger partial charge is 0.309 e. The fraction of sp³-hybridized carbons (Fsp3) is 0.0690. The molecule has 0 bridgehead atoms. The van der Waals surface area contributed by atoms with Crippen LogP contribution in [0.1, 0.15) is 41.2 Å². The normalized spacial score (nSPS) is 17.7. The van der Waals surface area contributed by atoms with Crippen molar-refractivity contribution >= 4 is 92.1 Å². The molecule has 11 aromatic rings. The van der Waals surface area contributed by atoms with Crippen molar-refractivity contribution in [3.63, 3.8) is 0 Å². The second-order valence-electron chi connectivity index (χ2n) is 16.9. The first-order valence-corrected chi connectivity index (χ1v) is 22.4. The Morgan fingerprint density at radius 2 is 1.23 bits per heavy atom. The van der Waals surface area contributed by atoms with Crippen LogP contribution in [0.2, 0.25) is 0 Å². The maximum atomic E-state index is 5.83. The Hall–Kier alpha value is -7.40. The minimum Gasteiger partial charge on any atom is -0.309 e. The van der Waals surface area contributed by atoms with Crippen molar-refractivity contribution in [3.05, 3.63) is 216 Å². The molecule has 0 radical (unpaired) electrons. The molecule has 1 aliphatic carbocycles.